The molecule has 2 aromatic rings. The Balaban J connectivity index is 1.98. The summed E-state index contributed by atoms with van der Waals surface area (Å²) in [7, 11) is 1.83. The van der Waals surface area contributed by atoms with Crippen LogP contribution in [0.5, 0.6) is 0 Å². The maximum atomic E-state index is 11.6. The number of nitrogens with one attached hydrogen (secondary N) is 2. The van der Waals surface area contributed by atoms with E-state index in [0.29, 0.717) is 5.82 Å². The summed E-state index contributed by atoms with van der Waals surface area (Å²) in [6.45, 7) is 1.92. The first-order valence-corrected chi connectivity index (χ1v) is 5.29. The molecule has 1 aromatic heterocycles. The van der Waals surface area contributed by atoms with Gasteiger partial charge < -0.3 is 5.32 Å². The van der Waals surface area contributed by atoms with E-state index in [9.17, 15) is 4.79 Å². The molecule has 5 heteroatoms. The van der Waals surface area contributed by atoms with Gasteiger partial charge in [0.2, 0.25) is 0 Å². The van der Waals surface area contributed by atoms with E-state index < -0.39 is 0 Å². The molecule has 2 rings (SSSR count). The summed E-state index contributed by atoms with van der Waals surface area (Å²) in [5.74, 6) is 0.540. The number of amides is 2. The van der Waals surface area contributed by atoms with Gasteiger partial charge in [-0.1, -0.05) is 18.2 Å². The van der Waals surface area contributed by atoms with E-state index in [1.165, 1.54) is 0 Å². The van der Waals surface area contributed by atoms with Gasteiger partial charge in [0.05, 0.1) is 0 Å². The third-order valence-electron chi connectivity index (χ3n) is 2.39. The summed E-state index contributed by atoms with van der Waals surface area (Å²) in [4.78, 5) is 11.6. The maximum absolute atomic E-state index is 11.6. The van der Waals surface area contributed by atoms with Gasteiger partial charge in [-0.3, -0.25) is 10.00 Å². The molecule has 2 amide bonds. The van der Waals surface area contributed by atoms with Crippen LogP contribution in [0, 0.1) is 6.92 Å². The van der Waals surface area contributed by atoms with Gasteiger partial charge in [0, 0.05) is 24.5 Å². The monoisotopic (exact) mass is 230 g/mol. The molecule has 0 aliphatic carbocycles. The predicted molar refractivity (Wildman–Crippen MR) is 67.0 cm³/mol. The molecule has 0 bridgehead atoms. The number of para-hydroxylation sites is 1. The molecule has 88 valence electrons. The fraction of sp³-hybridized carbons (Fsp3) is 0.167. The lowest BCUT2D eigenvalue weighted by molar-refractivity contribution is 0.262. The van der Waals surface area contributed by atoms with E-state index in [-0.39, 0.29) is 6.03 Å². The number of urea groups is 1. The second kappa shape index (κ2) is 4.69. The molecule has 0 saturated carbocycles. The standard InChI is InChI=1S/C12H14N4O/c1-9-8-11(15-16(9)2)14-12(17)13-10-6-4-3-5-7-10/h3-8H,1-2H3,(H2,13,14,15,17). The minimum absolute atomic E-state index is 0.297. The third-order valence-corrected chi connectivity index (χ3v) is 2.39. The van der Waals surface area contributed by atoms with Crippen LogP contribution in [0.4, 0.5) is 16.3 Å². The fourth-order valence-corrected chi connectivity index (χ4v) is 1.42. The first-order valence-electron chi connectivity index (χ1n) is 5.29. The molecule has 0 aliphatic rings. The molecule has 5 nitrogen and oxygen atoms in total. The lowest BCUT2D eigenvalue weighted by Crippen LogP contribution is -2.19. The normalized spacial score (nSPS) is 10.0. The van der Waals surface area contributed by atoms with E-state index in [4.69, 9.17) is 0 Å². The Kier molecular flexibility index (Phi) is 3.09. The van der Waals surface area contributed by atoms with Crippen molar-refractivity contribution in [3.05, 3.63) is 42.1 Å². The highest BCUT2D eigenvalue weighted by atomic mass is 16.2. The molecule has 0 aliphatic heterocycles. The molecule has 1 heterocycles. The molecular weight excluding hydrogens is 216 g/mol. The summed E-state index contributed by atoms with van der Waals surface area (Å²) in [6, 6.07) is 10.8. The van der Waals surface area contributed by atoms with Crippen molar-refractivity contribution >= 4 is 17.5 Å². The highest BCUT2D eigenvalue weighted by Crippen LogP contribution is 2.09. The van der Waals surface area contributed by atoms with E-state index in [2.05, 4.69) is 15.7 Å². The zero-order chi connectivity index (χ0) is 12.3. The summed E-state index contributed by atoms with van der Waals surface area (Å²) >= 11 is 0. The molecule has 0 fully saturated rings. The molecule has 17 heavy (non-hydrogen) atoms. The number of hydrogen-bond acceptors (Lipinski definition) is 2. The van der Waals surface area contributed by atoms with Gasteiger partial charge in [-0.2, -0.15) is 5.10 Å². The van der Waals surface area contributed by atoms with E-state index in [1.54, 1.807) is 4.68 Å². The topological polar surface area (TPSA) is 59.0 Å². The first kappa shape index (κ1) is 11.2. The molecule has 0 radical (unpaired) electrons. The highest BCUT2D eigenvalue weighted by molar-refractivity contribution is 5.99. The predicted octanol–water partition coefficient (Wildman–Crippen LogP) is 2.37. The lowest BCUT2D eigenvalue weighted by atomic mass is 10.3. The zero-order valence-electron chi connectivity index (χ0n) is 9.77. The van der Waals surface area contributed by atoms with Gasteiger partial charge in [-0.25, -0.2) is 4.79 Å². The molecule has 1 aromatic carbocycles. The van der Waals surface area contributed by atoms with E-state index >= 15 is 0 Å². The number of hydrogen-bond donors (Lipinski definition) is 2. The minimum Gasteiger partial charge on any atom is -0.308 e. The summed E-state index contributed by atoms with van der Waals surface area (Å²) in [5, 5.41) is 9.53. The van der Waals surface area contributed by atoms with Gasteiger partial charge >= 0.3 is 6.03 Å². The summed E-state index contributed by atoms with van der Waals surface area (Å²) in [5.41, 5.74) is 1.73. The van der Waals surface area contributed by atoms with Crippen LogP contribution in [0.2, 0.25) is 0 Å². The SMILES string of the molecule is Cc1cc(NC(=O)Nc2ccccc2)nn1C. The lowest BCUT2D eigenvalue weighted by Gasteiger charge is -2.04. The largest absolute Gasteiger partial charge is 0.324 e. The van der Waals surface area contributed by atoms with Crippen LogP contribution in [-0.4, -0.2) is 15.8 Å². The number of benzene rings is 1. The van der Waals surface area contributed by atoms with Gasteiger partial charge in [-0.15, -0.1) is 0 Å². The Bertz CT molecular complexity index is 499. The quantitative estimate of drug-likeness (QED) is 0.832. The Hall–Kier alpha value is -2.30. The van der Waals surface area contributed by atoms with Gasteiger partial charge in [0.1, 0.15) is 0 Å². The third kappa shape index (κ3) is 2.84. The summed E-state index contributed by atoms with van der Waals surface area (Å²) < 4.78 is 1.71. The van der Waals surface area contributed by atoms with E-state index in [1.807, 2.05) is 50.4 Å². The minimum atomic E-state index is -0.297. The number of nitrogens with zero attached hydrogens (tertiary/aromatic N) is 2. The summed E-state index contributed by atoms with van der Waals surface area (Å²) in [6.07, 6.45) is 0. The molecule has 0 spiro atoms. The first-order chi connectivity index (χ1) is 8.15. The Morgan fingerprint density at radius 3 is 2.53 bits per heavy atom. The number of aromatic nitrogens is 2. The smallest absolute Gasteiger partial charge is 0.308 e. The van der Waals surface area contributed by atoms with Crippen molar-refractivity contribution in [2.45, 2.75) is 6.92 Å². The van der Waals surface area contributed by atoms with Crippen molar-refractivity contribution < 1.29 is 4.79 Å². The van der Waals surface area contributed by atoms with Crippen LogP contribution >= 0.6 is 0 Å². The maximum Gasteiger partial charge on any atom is 0.324 e. The van der Waals surface area contributed by atoms with Crippen LogP contribution in [0.3, 0.4) is 0 Å². The van der Waals surface area contributed by atoms with Crippen molar-refractivity contribution in [2.75, 3.05) is 10.6 Å². The van der Waals surface area contributed by atoms with Crippen molar-refractivity contribution in [3.8, 4) is 0 Å². The van der Waals surface area contributed by atoms with Crippen molar-refractivity contribution in [1.29, 1.82) is 0 Å². The van der Waals surface area contributed by atoms with Crippen molar-refractivity contribution in [1.82, 2.24) is 9.78 Å². The van der Waals surface area contributed by atoms with Crippen LogP contribution in [-0.2, 0) is 7.05 Å². The Morgan fingerprint density at radius 2 is 1.94 bits per heavy atom. The molecular formula is C12H14N4O. The van der Waals surface area contributed by atoms with E-state index in [0.717, 1.165) is 11.4 Å². The molecule has 0 unspecified atom stereocenters. The second-order valence-corrected chi connectivity index (χ2v) is 3.74. The second-order valence-electron chi connectivity index (χ2n) is 3.74. The molecule has 0 atom stereocenters. The average molecular weight is 230 g/mol. The fourth-order valence-electron chi connectivity index (χ4n) is 1.42. The van der Waals surface area contributed by atoms with Gasteiger partial charge in [-0.05, 0) is 19.1 Å². The average Bonchev–Trinajstić information content (AvgIpc) is 2.59. The highest BCUT2D eigenvalue weighted by Gasteiger charge is 2.05. The number of carbonyl (C=O) groups excluding carboxylic acids is 1. The Morgan fingerprint density at radius 1 is 1.24 bits per heavy atom. The van der Waals surface area contributed by atoms with Gasteiger partial charge in [0.25, 0.3) is 0 Å². The van der Waals surface area contributed by atoms with Crippen molar-refractivity contribution in [2.24, 2.45) is 7.05 Å². The van der Waals surface area contributed by atoms with Crippen LogP contribution < -0.4 is 10.6 Å². The number of carbonyl (C=O) groups is 1. The zero-order valence-corrected chi connectivity index (χ0v) is 9.77. The number of anilines is 2. The van der Waals surface area contributed by atoms with Crippen LogP contribution in [0.15, 0.2) is 36.4 Å². The number of rotatable bonds is 2. The Labute approximate surface area is 99.5 Å². The van der Waals surface area contributed by atoms with Crippen molar-refractivity contribution in [3.63, 3.8) is 0 Å². The molecule has 2 N–H and O–H groups in total. The number of aryl methyl sites for hydroxylation is 2. The van der Waals surface area contributed by atoms with Gasteiger partial charge in [0.15, 0.2) is 5.82 Å². The van der Waals surface area contributed by atoms with Crippen LogP contribution in [0.25, 0.3) is 0 Å². The molecule has 0 saturated heterocycles. The van der Waals surface area contributed by atoms with Crippen LogP contribution in [0.1, 0.15) is 5.69 Å².